The van der Waals surface area contributed by atoms with Crippen molar-refractivity contribution in [1.82, 2.24) is 4.98 Å². The summed E-state index contributed by atoms with van der Waals surface area (Å²) in [5, 5.41) is 2.35. The zero-order valence-electron chi connectivity index (χ0n) is 12.7. The molecule has 132 valence electrons. The molecule has 0 saturated carbocycles. The van der Waals surface area contributed by atoms with Crippen molar-refractivity contribution in [3.05, 3.63) is 30.0 Å². The summed E-state index contributed by atoms with van der Waals surface area (Å²) < 4.78 is 63.1. The van der Waals surface area contributed by atoms with Gasteiger partial charge in [0.15, 0.2) is 5.82 Å². The van der Waals surface area contributed by atoms with Crippen molar-refractivity contribution < 1.29 is 26.4 Å². The summed E-state index contributed by atoms with van der Waals surface area (Å²) in [4.78, 5) is 15.7. The molecule has 1 heterocycles. The highest BCUT2D eigenvalue weighted by atomic mass is 32.2. The molecule has 0 bridgehead atoms. The highest BCUT2D eigenvalue weighted by Crippen LogP contribution is 2.33. The summed E-state index contributed by atoms with van der Waals surface area (Å²) in [5.41, 5.74) is -1.41. The molecule has 2 N–H and O–H groups in total. The van der Waals surface area contributed by atoms with Crippen molar-refractivity contribution >= 4 is 27.4 Å². The van der Waals surface area contributed by atoms with E-state index in [0.29, 0.717) is 31.5 Å². The van der Waals surface area contributed by atoms with Gasteiger partial charge in [-0.2, -0.15) is 13.2 Å². The van der Waals surface area contributed by atoms with Crippen molar-refractivity contribution in [2.45, 2.75) is 25.4 Å². The predicted octanol–water partition coefficient (Wildman–Crippen LogP) is 2.77. The van der Waals surface area contributed by atoms with E-state index in [2.05, 4.69) is 10.3 Å². The molecule has 0 spiro atoms. The molecule has 1 aliphatic carbocycles. The molecule has 1 aromatic rings. The van der Waals surface area contributed by atoms with Crippen LogP contribution in [0.3, 0.4) is 0 Å². The SMILES string of the molecule is CS(=O)(=O)Nc1ncc(C(F)(F)F)cc1NC(=O)C1CC=CCC1. The Hall–Kier alpha value is -2.10. The van der Waals surface area contributed by atoms with Gasteiger partial charge in [-0.15, -0.1) is 0 Å². The molecule has 6 nitrogen and oxygen atoms in total. The Kier molecular flexibility index (Phi) is 5.16. The first-order valence-electron chi connectivity index (χ1n) is 7.07. The molecular weight excluding hydrogens is 347 g/mol. The Morgan fingerprint density at radius 3 is 2.58 bits per heavy atom. The van der Waals surface area contributed by atoms with Gasteiger partial charge in [-0.25, -0.2) is 13.4 Å². The zero-order chi connectivity index (χ0) is 18.0. The van der Waals surface area contributed by atoms with E-state index in [1.54, 1.807) is 0 Å². The minimum absolute atomic E-state index is 0.324. The molecule has 0 fully saturated rings. The van der Waals surface area contributed by atoms with Crippen LogP contribution in [0.25, 0.3) is 0 Å². The van der Waals surface area contributed by atoms with Gasteiger partial charge in [0.1, 0.15) is 0 Å². The molecule has 1 aromatic heterocycles. The zero-order valence-corrected chi connectivity index (χ0v) is 13.5. The van der Waals surface area contributed by atoms with Crippen LogP contribution < -0.4 is 10.0 Å². The molecule has 24 heavy (non-hydrogen) atoms. The second-order valence-corrected chi connectivity index (χ2v) is 7.21. The van der Waals surface area contributed by atoms with Crippen molar-refractivity contribution in [2.75, 3.05) is 16.3 Å². The number of carbonyl (C=O) groups is 1. The molecule has 0 aromatic carbocycles. The average Bonchev–Trinajstić information content (AvgIpc) is 2.47. The van der Waals surface area contributed by atoms with Gasteiger partial charge in [-0.05, 0) is 25.3 Å². The lowest BCUT2D eigenvalue weighted by molar-refractivity contribution is -0.137. The number of nitrogens with zero attached hydrogens (tertiary/aromatic N) is 1. The number of halogens is 3. The lowest BCUT2D eigenvalue weighted by Crippen LogP contribution is -2.25. The highest BCUT2D eigenvalue weighted by molar-refractivity contribution is 7.92. The van der Waals surface area contributed by atoms with Crippen LogP contribution in [0.15, 0.2) is 24.4 Å². The van der Waals surface area contributed by atoms with Gasteiger partial charge >= 0.3 is 6.18 Å². The molecule has 1 unspecified atom stereocenters. The molecule has 0 aliphatic heterocycles. The Balaban J connectivity index is 2.32. The average molecular weight is 363 g/mol. The van der Waals surface area contributed by atoms with E-state index < -0.39 is 27.7 Å². The van der Waals surface area contributed by atoms with E-state index in [1.807, 2.05) is 16.9 Å². The fourth-order valence-corrected chi connectivity index (χ4v) is 2.75. The quantitative estimate of drug-likeness (QED) is 0.805. The van der Waals surface area contributed by atoms with Crippen LogP contribution >= 0.6 is 0 Å². The molecular formula is C14H16F3N3O3S. The van der Waals surface area contributed by atoms with Crippen LogP contribution in [-0.2, 0) is 21.0 Å². The number of hydrogen-bond donors (Lipinski definition) is 2. The number of nitrogens with one attached hydrogen (secondary N) is 2. The monoisotopic (exact) mass is 363 g/mol. The number of sulfonamides is 1. The largest absolute Gasteiger partial charge is 0.417 e. The Labute approximate surface area is 137 Å². The second kappa shape index (κ2) is 6.80. The van der Waals surface area contributed by atoms with E-state index in [4.69, 9.17) is 0 Å². The third-order valence-corrected chi connectivity index (χ3v) is 3.96. The summed E-state index contributed by atoms with van der Waals surface area (Å²) in [6.07, 6.45) is 2.18. The Bertz CT molecular complexity index is 760. The Morgan fingerprint density at radius 1 is 1.33 bits per heavy atom. The summed E-state index contributed by atoms with van der Waals surface area (Å²) in [6, 6.07) is 0.664. The summed E-state index contributed by atoms with van der Waals surface area (Å²) >= 11 is 0. The normalized spacial score (nSPS) is 18.2. The van der Waals surface area contributed by atoms with Gasteiger partial charge in [0, 0.05) is 12.1 Å². The number of anilines is 2. The Morgan fingerprint density at radius 2 is 2.04 bits per heavy atom. The fourth-order valence-electron chi connectivity index (χ4n) is 2.24. The molecule has 10 heteroatoms. The van der Waals surface area contributed by atoms with Gasteiger partial charge in [-0.1, -0.05) is 12.2 Å². The van der Waals surface area contributed by atoms with Crippen LogP contribution in [0, 0.1) is 5.92 Å². The fraction of sp³-hybridized carbons (Fsp3) is 0.429. The van der Waals surface area contributed by atoms with E-state index >= 15 is 0 Å². The number of carbonyl (C=O) groups excluding carboxylic acids is 1. The predicted molar refractivity (Wildman–Crippen MR) is 82.8 cm³/mol. The van der Waals surface area contributed by atoms with Crippen LogP contribution in [-0.4, -0.2) is 25.6 Å². The highest BCUT2D eigenvalue weighted by Gasteiger charge is 2.32. The molecule has 1 atom stereocenters. The van der Waals surface area contributed by atoms with Crippen LogP contribution in [0.2, 0.25) is 0 Å². The van der Waals surface area contributed by atoms with Gasteiger partial charge in [0.2, 0.25) is 15.9 Å². The molecule has 2 rings (SSSR count). The number of allylic oxidation sites excluding steroid dienone is 2. The standard InChI is InChI=1S/C14H16F3N3O3S/c1-24(22,23)20-12-11(7-10(8-18-12)14(15,16)17)19-13(21)9-5-3-2-4-6-9/h2-3,7-9H,4-6H2,1H3,(H,18,20)(H,19,21). The molecule has 1 aliphatic rings. The van der Waals surface area contributed by atoms with Gasteiger partial charge in [0.05, 0.1) is 17.5 Å². The third-order valence-electron chi connectivity index (χ3n) is 3.39. The number of pyridine rings is 1. The van der Waals surface area contributed by atoms with E-state index in [0.717, 1.165) is 6.26 Å². The number of alkyl halides is 3. The second-order valence-electron chi connectivity index (χ2n) is 5.46. The first kappa shape index (κ1) is 18.2. The number of amides is 1. The van der Waals surface area contributed by atoms with Gasteiger partial charge in [-0.3, -0.25) is 9.52 Å². The van der Waals surface area contributed by atoms with Crippen LogP contribution in [0.5, 0.6) is 0 Å². The minimum atomic E-state index is -4.66. The van der Waals surface area contributed by atoms with E-state index in [-0.39, 0.29) is 17.4 Å². The lowest BCUT2D eigenvalue weighted by Gasteiger charge is -2.19. The number of hydrogen-bond acceptors (Lipinski definition) is 4. The van der Waals surface area contributed by atoms with Crippen molar-refractivity contribution in [1.29, 1.82) is 0 Å². The maximum atomic E-state index is 12.8. The molecule has 0 radical (unpaired) electrons. The maximum Gasteiger partial charge on any atom is 0.417 e. The minimum Gasteiger partial charge on any atom is -0.323 e. The van der Waals surface area contributed by atoms with Crippen LogP contribution in [0.4, 0.5) is 24.7 Å². The maximum absolute atomic E-state index is 12.8. The smallest absolute Gasteiger partial charge is 0.323 e. The number of aromatic nitrogens is 1. The summed E-state index contributed by atoms with van der Waals surface area (Å²) in [6.45, 7) is 0. The third kappa shape index (κ3) is 4.95. The van der Waals surface area contributed by atoms with Gasteiger partial charge in [0.25, 0.3) is 0 Å². The topological polar surface area (TPSA) is 88.2 Å². The van der Waals surface area contributed by atoms with Crippen molar-refractivity contribution in [3.8, 4) is 0 Å². The number of rotatable bonds is 4. The van der Waals surface area contributed by atoms with Gasteiger partial charge < -0.3 is 5.32 Å². The molecule has 1 amide bonds. The first-order chi connectivity index (χ1) is 11.1. The molecule has 0 saturated heterocycles. The lowest BCUT2D eigenvalue weighted by atomic mass is 9.93. The summed E-state index contributed by atoms with van der Waals surface area (Å²) in [5.74, 6) is -1.21. The van der Waals surface area contributed by atoms with E-state index in [1.165, 1.54) is 0 Å². The van der Waals surface area contributed by atoms with E-state index in [9.17, 15) is 26.4 Å². The summed E-state index contributed by atoms with van der Waals surface area (Å²) in [7, 11) is -3.76. The van der Waals surface area contributed by atoms with Crippen LogP contribution in [0.1, 0.15) is 24.8 Å². The van der Waals surface area contributed by atoms with Crippen molar-refractivity contribution in [2.24, 2.45) is 5.92 Å². The van der Waals surface area contributed by atoms with Crippen molar-refractivity contribution in [3.63, 3.8) is 0 Å². The first-order valence-corrected chi connectivity index (χ1v) is 8.96.